The average molecular weight is 613 g/mol. The second-order valence-electron chi connectivity index (χ2n) is 11.6. The van der Waals surface area contributed by atoms with Gasteiger partial charge in [0.15, 0.2) is 0 Å². The Bertz CT molecular complexity index is 676. The van der Waals surface area contributed by atoms with Crippen molar-refractivity contribution in [3.8, 4) is 0 Å². The molecule has 0 aromatic carbocycles. The van der Waals surface area contributed by atoms with E-state index in [1.807, 2.05) is 0 Å². The van der Waals surface area contributed by atoms with Crippen molar-refractivity contribution >= 4 is 0 Å². The van der Waals surface area contributed by atoms with E-state index >= 15 is 0 Å². The Balaban J connectivity index is 0.000000318. The van der Waals surface area contributed by atoms with Gasteiger partial charge in [0.05, 0.1) is 24.0 Å². The molecule has 0 aromatic heterocycles. The van der Waals surface area contributed by atoms with E-state index in [1.165, 1.54) is 25.7 Å². The highest BCUT2D eigenvalue weighted by molar-refractivity contribution is 4.87. The molecule has 0 bridgehead atoms. The monoisotopic (exact) mass is 612 g/mol. The number of halogens is 12. The Hall–Kier alpha value is -0.920. The Kier molecular flexibility index (Phi) is 13.9. The molecule has 14 heteroatoms. The number of alkyl halides is 12. The quantitative estimate of drug-likeness (QED) is 0.289. The van der Waals surface area contributed by atoms with E-state index < -0.39 is 55.0 Å². The normalized spacial score (nSPS) is 34.2. The van der Waals surface area contributed by atoms with Crippen LogP contribution in [0.5, 0.6) is 0 Å². The predicted molar refractivity (Wildman–Crippen MR) is 124 cm³/mol. The second kappa shape index (κ2) is 15.0. The summed E-state index contributed by atoms with van der Waals surface area (Å²) in [5.74, 6) is -3.05. The SMILES string of the molecule is CC1C(C(F)(F)F)CCCC1C(F)(F)F.CC1CCC(C)CC1.CC1CCC(OC(F)(F)F)C(OC(F)(F)F)C1. The van der Waals surface area contributed by atoms with Gasteiger partial charge >= 0.3 is 25.1 Å². The lowest BCUT2D eigenvalue weighted by Gasteiger charge is -2.37. The summed E-state index contributed by atoms with van der Waals surface area (Å²) < 4.78 is 154. The van der Waals surface area contributed by atoms with Crippen molar-refractivity contribution in [1.82, 2.24) is 0 Å². The fraction of sp³-hybridized carbons (Fsp3) is 1.00. The van der Waals surface area contributed by atoms with Crippen molar-refractivity contribution in [1.29, 1.82) is 0 Å². The van der Waals surface area contributed by atoms with Crippen molar-refractivity contribution in [2.75, 3.05) is 0 Å². The van der Waals surface area contributed by atoms with Gasteiger partial charge in [-0.15, -0.1) is 26.3 Å². The molecule has 3 fully saturated rings. The molecule has 0 amide bonds. The van der Waals surface area contributed by atoms with Crippen LogP contribution in [0.4, 0.5) is 52.7 Å². The minimum atomic E-state index is -4.95. The Morgan fingerprint density at radius 2 is 0.800 bits per heavy atom. The van der Waals surface area contributed by atoms with Crippen LogP contribution < -0.4 is 0 Å². The summed E-state index contributed by atoms with van der Waals surface area (Å²) in [4.78, 5) is 0. The Morgan fingerprint density at radius 1 is 0.450 bits per heavy atom. The molecule has 2 nitrogen and oxygen atoms in total. The molecule has 0 N–H and O–H groups in total. The first-order valence-electron chi connectivity index (χ1n) is 13.6. The molecule has 3 rings (SSSR count). The summed E-state index contributed by atoms with van der Waals surface area (Å²) in [5, 5.41) is 0. The van der Waals surface area contributed by atoms with Crippen LogP contribution in [0.3, 0.4) is 0 Å². The summed E-state index contributed by atoms with van der Waals surface area (Å²) in [7, 11) is 0. The van der Waals surface area contributed by atoms with E-state index in [0.29, 0.717) is 6.42 Å². The standard InChI is InChI=1S/C9H12F6O2.C9H12F6.C8H16/c1-5-2-3-6(16-8(10,11)12)7(4-5)17-9(13,14)15;1-5-6(8(10,11)12)3-2-4-7(5)9(13,14)15;1-7-3-5-8(2)6-4-7/h5-7H,2-4H2,1H3;5-7H,2-4H2,1H3;7-8H,3-6H2,1-2H3. The molecule has 240 valence electrons. The van der Waals surface area contributed by atoms with Crippen LogP contribution in [0.15, 0.2) is 0 Å². The maximum Gasteiger partial charge on any atom is 0.522 e. The molecule has 5 atom stereocenters. The fourth-order valence-corrected chi connectivity index (χ4v) is 5.62. The zero-order valence-electron chi connectivity index (χ0n) is 23.0. The first-order valence-corrected chi connectivity index (χ1v) is 13.6. The molecule has 0 heterocycles. The summed E-state index contributed by atoms with van der Waals surface area (Å²) in [6.45, 7) is 7.45. The van der Waals surface area contributed by atoms with Gasteiger partial charge in [0.25, 0.3) is 0 Å². The highest BCUT2D eigenvalue weighted by Crippen LogP contribution is 2.49. The molecule has 0 aromatic rings. The number of ether oxygens (including phenoxy) is 2. The molecule has 0 saturated heterocycles. The van der Waals surface area contributed by atoms with E-state index in [1.54, 1.807) is 6.92 Å². The summed E-state index contributed by atoms with van der Waals surface area (Å²) >= 11 is 0. The highest BCUT2D eigenvalue weighted by atomic mass is 19.4. The second-order valence-corrected chi connectivity index (χ2v) is 11.6. The molecular formula is C26H40F12O2. The highest BCUT2D eigenvalue weighted by Gasteiger charge is 2.54. The molecule has 0 spiro atoms. The van der Waals surface area contributed by atoms with E-state index in [2.05, 4.69) is 23.3 Å². The molecule has 0 radical (unpaired) electrons. The summed E-state index contributed by atoms with van der Waals surface area (Å²) in [5.41, 5.74) is 0. The molecule has 3 aliphatic rings. The molecule has 0 aliphatic heterocycles. The fourth-order valence-electron chi connectivity index (χ4n) is 5.62. The predicted octanol–water partition coefficient (Wildman–Crippen LogP) is 10.6. The average Bonchev–Trinajstić information content (AvgIpc) is 2.75. The van der Waals surface area contributed by atoms with Crippen LogP contribution in [0, 0.1) is 35.5 Å². The Morgan fingerprint density at radius 3 is 1.15 bits per heavy atom. The Labute approximate surface area is 227 Å². The van der Waals surface area contributed by atoms with Gasteiger partial charge in [-0.2, -0.15) is 26.3 Å². The van der Waals surface area contributed by atoms with E-state index in [4.69, 9.17) is 0 Å². The van der Waals surface area contributed by atoms with Crippen molar-refractivity contribution in [2.24, 2.45) is 35.5 Å². The third-order valence-electron chi connectivity index (χ3n) is 8.01. The van der Waals surface area contributed by atoms with Gasteiger partial charge in [-0.3, -0.25) is 9.47 Å². The van der Waals surface area contributed by atoms with Gasteiger partial charge in [-0.05, 0) is 55.8 Å². The number of rotatable bonds is 2. The largest absolute Gasteiger partial charge is 0.522 e. The van der Waals surface area contributed by atoms with Gasteiger partial charge in [-0.1, -0.05) is 59.8 Å². The molecule has 3 saturated carbocycles. The van der Waals surface area contributed by atoms with Crippen molar-refractivity contribution in [2.45, 2.75) is 129 Å². The first kappa shape index (κ1) is 37.1. The maximum absolute atomic E-state index is 12.4. The lowest BCUT2D eigenvalue weighted by atomic mass is 9.72. The lowest BCUT2D eigenvalue weighted by Crippen LogP contribution is -2.43. The number of hydrogen-bond acceptors (Lipinski definition) is 2. The minimum Gasteiger partial charge on any atom is -0.286 e. The number of hydrogen-bond donors (Lipinski definition) is 0. The van der Waals surface area contributed by atoms with Gasteiger partial charge in [0.1, 0.15) is 0 Å². The molecule has 40 heavy (non-hydrogen) atoms. The smallest absolute Gasteiger partial charge is 0.286 e. The van der Waals surface area contributed by atoms with Crippen LogP contribution >= 0.6 is 0 Å². The maximum atomic E-state index is 12.4. The van der Waals surface area contributed by atoms with Gasteiger partial charge in [0.2, 0.25) is 0 Å². The van der Waals surface area contributed by atoms with Crippen LogP contribution in [0.1, 0.15) is 91.9 Å². The third kappa shape index (κ3) is 14.3. The molecule has 5 unspecified atom stereocenters. The first-order chi connectivity index (χ1) is 18.0. The van der Waals surface area contributed by atoms with Crippen LogP contribution in [0.25, 0.3) is 0 Å². The third-order valence-corrected chi connectivity index (χ3v) is 8.01. The zero-order chi connectivity index (χ0) is 31.1. The summed E-state index contributed by atoms with van der Waals surface area (Å²) in [6.07, 6.45) is -16.4. The summed E-state index contributed by atoms with van der Waals surface area (Å²) in [6, 6.07) is 0. The van der Waals surface area contributed by atoms with E-state index in [-0.39, 0.29) is 38.0 Å². The van der Waals surface area contributed by atoms with Gasteiger partial charge in [0, 0.05) is 0 Å². The lowest BCUT2D eigenvalue weighted by molar-refractivity contribution is -0.393. The minimum absolute atomic E-state index is 0.00130. The zero-order valence-corrected chi connectivity index (χ0v) is 23.0. The van der Waals surface area contributed by atoms with Crippen molar-refractivity contribution in [3.63, 3.8) is 0 Å². The van der Waals surface area contributed by atoms with Crippen molar-refractivity contribution in [3.05, 3.63) is 0 Å². The topological polar surface area (TPSA) is 18.5 Å². The van der Waals surface area contributed by atoms with E-state index in [9.17, 15) is 52.7 Å². The van der Waals surface area contributed by atoms with E-state index in [0.717, 1.165) is 18.8 Å². The molecular weight excluding hydrogens is 572 g/mol. The van der Waals surface area contributed by atoms with Crippen LogP contribution in [-0.4, -0.2) is 37.3 Å². The van der Waals surface area contributed by atoms with Crippen LogP contribution in [0.2, 0.25) is 0 Å². The van der Waals surface area contributed by atoms with Crippen molar-refractivity contribution < 1.29 is 62.2 Å². The van der Waals surface area contributed by atoms with Gasteiger partial charge in [-0.25, -0.2) is 0 Å². The van der Waals surface area contributed by atoms with Gasteiger partial charge < -0.3 is 0 Å². The molecule has 3 aliphatic carbocycles. The van der Waals surface area contributed by atoms with Crippen LogP contribution in [-0.2, 0) is 9.47 Å².